The molecule has 0 N–H and O–H groups in total. The minimum Gasteiger partial charge on any atom is -0.333 e. The highest BCUT2D eigenvalue weighted by Gasteiger charge is 2.12. The first-order chi connectivity index (χ1) is 10.3. The second kappa shape index (κ2) is 6.31. The quantitative estimate of drug-likeness (QED) is 0.652. The van der Waals surface area contributed by atoms with Crippen LogP contribution < -0.4 is 0 Å². The molecule has 0 spiro atoms. The number of halogens is 1. The average Bonchev–Trinajstić information content (AvgIpc) is 3.15. The minimum atomic E-state index is 0.441. The van der Waals surface area contributed by atoms with Gasteiger partial charge >= 0.3 is 0 Å². The Morgan fingerprint density at radius 1 is 1.29 bits per heavy atom. The fourth-order valence-electron chi connectivity index (χ4n) is 1.63. The van der Waals surface area contributed by atoms with Crippen molar-refractivity contribution in [2.45, 2.75) is 10.6 Å². The van der Waals surface area contributed by atoms with Gasteiger partial charge in [-0.1, -0.05) is 28.9 Å². The van der Waals surface area contributed by atoms with Crippen molar-refractivity contribution in [1.29, 1.82) is 5.26 Å². The molecular formula is C14H8ClN3OS2. The first-order valence-corrected chi connectivity index (χ1v) is 8.14. The molecule has 0 aliphatic rings. The number of benzene rings is 1. The zero-order valence-electron chi connectivity index (χ0n) is 10.6. The number of thiophene rings is 1. The van der Waals surface area contributed by atoms with Crippen LogP contribution in [0.4, 0.5) is 0 Å². The van der Waals surface area contributed by atoms with Gasteiger partial charge in [0.25, 0.3) is 5.89 Å². The van der Waals surface area contributed by atoms with E-state index in [0.717, 1.165) is 9.77 Å². The molecule has 21 heavy (non-hydrogen) atoms. The predicted molar refractivity (Wildman–Crippen MR) is 83.3 cm³/mol. The smallest absolute Gasteiger partial charge is 0.268 e. The number of hydrogen-bond acceptors (Lipinski definition) is 6. The monoisotopic (exact) mass is 333 g/mol. The van der Waals surface area contributed by atoms with Gasteiger partial charge in [0.15, 0.2) is 5.82 Å². The molecule has 7 heteroatoms. The molecule has 3 aromatic rings. The van der Waals surface area contributed by atoms with Gasteiger partial charge in [0.05, 0.1) is 15.7 Å². The molecular weight excluding hydrogens is 326 g/mol. The summed E-state index contributed by atoms with van der Waals surface area (Å²) in [5.74, 6) is 1.61. The molecule has 0 saturated heterocycles. The second-order valence-corrected chi connectivity index (χ2v) is 6.52. The van der Waals surface area contributed by atoms with Crippen molar-refractivity contribution in [2.75, 3.05) is 0 Å². The molecule has 3 rings (SSSR count). The van der Waals surface area contributed by atoms with Crippen molar-refractivity contribution in [3.05, 3.63) is 52.1 Å². The van der Waals surface area contributed by atoms with Crippen LogP contribution >= 0.6 is 34.7 Å². The largest absolute Gasteiger partial charge is 0.333 e. The predicted octanol–water partition coefficient (Wildman–Crippen LogP) is 4.62. The van der Waals surface area contributed by atoms with Crippen LogP contribution in [0.1, 0.15) is 10.7 Å². The van der Waals surface area contributed by atoms with Crippen LogP contribution in [0.5, 0.6) is 0 Å². The topological polar surface area (TPSA) is 62.7 Å². The van der Waals surface area contributed by atoms with E-state index in [2.05, 4.69) is 16.2 Å². The molecule has 1 aromatic carbocycles. The maximum atomic E-state index is 8.82. The zero-order chi connectivity index (χ0) is 14.7. The first-order valence-electron chi connectivity index (χ1n) is 5.96. The fourth-order valence-corrected chi connectivity index (χ4v) is 3.44. The van der Waals surface area contributed by atoms with E-state index >= 15 is 0 Å². The summed E-state index contributed by atoms with van der Waals surface area (Å²) in [5.41, 5.74) is 0. The average molecular weight is 334 g/mol. The summed E-state index contributed by atoms with van der Waals surface area (Å²) >= 11 is 8.98. The lowest BCUT2D eigenvalue weighted by atomic mass is 10.4. The Morgan fingerprint density at radius 2 is 2.14 bits per heavy atom. The van der Waals surface area contributed by atoms with E-state index in [1.807, 2.05) is 30.3 Å². The van der Waals surface area contributed by atoms with E-state index < -0.39 is 0 Å². The van der Waals surface area contributed by atoms with E-state index in [1.54, 1.807) is 17.8 Å². The van der Waals surface area contributed by atoms with Gasteiger partial charge in [0, 0.05) is 4.90 Å². The van der Waals surface area contributed by atoms with E-state index in [4.69, 9.17) is 21.4 Å². The van der Waals surface area contributed by atoms with Crippen molar-refractivity contribution >= 4 is 34.7 Å². The summed E-state index contributed by atoms with van der Waals surface area (Å²) in [6, 6.07) is 13.3. The van der Waals surface area contributed by atoms with Gasteiger partial charge in [-0.25, -0.2) is 0 Å². The van der Waals surface area contributed by atoms with Crippen LogP contribution in [0.2, 0.25) is 5.02 Å². The molecule has 4 nitrogen and oxygen atoms in total. The lowest BCUT2D eigenvalue weighted by Crippen LogP contribution is -1.84. The van der Waals surface area contributed by atoms with E-state index in [1.165, 1.54) is 11.3 Å². The highest BCUT2D eigenvalue weighted by molar-refractivity contribution is 7.98. The second-order valence-electron chi connectivity index (χ2n) is 4.01. The normalized spacial score (nSPS) is 10.5. The molecule has 104 valence electrons. The summed E-state index contributed by atoms with van der Waals surface area (Å²) in [5, 5.41) is 13.5. The maximum absolute atomic E-state index is 8.82. The molecule has 0 atom stereocenters. The van der Waals surface area contributed by atoms with Crippen LogP contribution in [-0.2, 0) is 5.75 Å². The van der Waals surface area contributed by atoms with Crippen molar-refractivity contribution in [3.63, 3.8) is 0 Å². The number of aromatic nitrogens is 2. The van der Waals surface area contributed by atoms with E-state index in [-0.39, 0.29) is 0 Å². The Kier molecular flexibility index (Phi) is 4.25. The highest BCUT2D eigenvalue weighted by atomic mass is 35.5. The third kappa shape index (κ3) is 3.27. The van der Waals surface area contributed by atoms with Gasteiger partial charge in [-0.3, -0.25) is 0 Å². The maximum Gasteiger partial charge on any atom is 0.268 e. The summed E-state index contributed by atoms with van der Waals surface area (Å²) in [4.78, 5) is 6.73. The summed E-state index contributed by atoms with van der Waals surface area (Å²) in [6.45, 7) is 0. The van der Waals surface area contributed by atoms with Crippen LogP contribution in [0.15, 0.2) is 45.8 Å². The van der Waals surface area contributed by atoms with Crippen molar-refractivity contribution in [1.82, 2.24) is 10.1 Å². The SMILES string of the molecule is N#Cc1ccc(-c2nc(CSc3ccccc3Cl)no2)s1. The standard InChI is InChI=1S/C14H8ClN3OS2/c15-10-3-1-2-4-11(10)20-8-13-17-14(19-18-13)12-6-5-9(7-16)21-12/h1-6H,8H2. The number of thioether (sulfide) groups is 1. The molecule has 0 aliphatic carbocycles. The van der Waals surface area contributed by atoms with E-state index in [0.29, 0.717) is 27.4 Å². The molecule has 0 radical (unpaired) electrons. The fraction of sp³-hybridized carbons (Fsp3) is 0.0714. The van der Waals surface area contributed by atoms with Crippen molar-refractivity contribution in [3.8, 4) is 16.8 Å². The van der Waals surface area contributed by atoms with Gasteiger partial charge in [-0.2, -0.15) is 10.2 Å². The van der Waals surface area contributed by atoms with Crippen LogP contribution in [-0.4, -0.2) is 10.1 Å². The molecule has 2 heterocycles. The minimum absolute atomic E-state index is 0.441. The third-order valence-corrected chi connectivity index (χ3v) is 5.08. The Labute approximate surface area is 134 Å². The molecule has 2 aromatic heterocycles. The molecule has 0 fully saturated rings. The Hall–Kier alpha value is -1.81. The molecule has 0 unspecified atom stereocenters. The van der Waals surface area contributed by atoms with Crippen LogP contribution in [0.25, 0.3) is 10.8 Å². The van der Waals surface area contributed by atoms with Gasteiger partial charge in [0.2, 0.25) is 0 Å². The van der Waals surface area contributed by atoms with Gasteiger partial charge in [0.1, 0.15) is 10.9 Å². The molecule has 0 saturated carbocycles. The van der Waals surface area contributed by atoms with Crippen LogP contribution in [0, 0.1) is 11.3 Å². The molecule has 0 aliphatic heterocycles. The summed E-state index contributed by atoms with van der Waals surface area (Å²) in [6.07, 6.45) is 0. The molecule has 0 bridgehead atoms. The molecule has 0 amide bonds. The van der Waals surface area contributed by atoms with Gasteiger partial charge in [-0.05, 0) is 24.3 Å². The zero-order valence-corrected chi connectivity index (χ0v) is 13.0. The number of nitrogens with zero attached hydrogens (tertiary/aromatic N) is 3. The third-order valence-electron chi connectivity index (χ3n) is 2.59. The number of hydrogen-bond donors (Lipinski definition) is 0. The summed E-state index contributed by atoms with van der Waals surface area (Å²) < 4.78 is 5.22. The number of nitriles is 1. The summed E-state index contributed by atoms with van der Waals surface area (Å²) in [7, 11) is 0. The highest BCUT2D eigenvalue weighted by Crippen LogP contribution is 2.30. The van der Waals surface area contributed by atoms with Crippen LogP contribution in [0.3, 0.4) is 0 Å². The van der Waals surface area contributed by atoms with Crippen molar-refractivity contribution < 1.29 is 4.52 Å². The Bertz CT molecular complexity index is 806. The lowest BCUT2D eigenvalue weighted by molar-refractivity contribution is 0.426. The Balaban J connectivity index is 1.71. The van der Waals surface area contributed by atoms with Gasteiger partial charge < -0.3 is 4.52 Å². The van der Waals surface area contributed by atoms with E-state index in [9.17, 15) is 0 Å². The van der Waals surface area contributed by atoms with Gasteiger partial charge in [-0.15, -0.1) is 23.1 Å². The first kappa shape index (κ1) is 14.1. The van der Waals surface area contributed by atoms with Crippen molar-refractivity contribution in [2.24, 2.45) is 0 Å². The number of rotatable bonds is 4. The lowest BCUT2D eigenvalue weighted by Gasteiger charge is -2.00. The Morgan fingerprint density at radius 3 is 2.90 bits per heavy atom.